The van der Waals surface area contributed by atoms with Crippen LogP contribution >= 0.6 is 0 Å². The highest BCUT2D eigenvalue weighted by Gasteiger charge is 2.27. The Morgan fingerprint density at radius 2 is 1.81 bits per heavy atom. The van der Waals surface area contributed by atoms with Crippen molar-refractivity contribution in [3.8, 4) is 6.07 Å². The first-order valence-electron chi connectivity index (χ1n) is 8.40. The summed E-state index contributed by atoms with van der Waals surface area (Å²) in [5.74, 6) is -1.06. The second-order valence-corrected chi connectivity index (χ2v) is 6.20. The smallest absolute Gasteiger partial charge is 0.340 e. The second-order valence-electron chi connectivity index (χ2n) is 6.20. The fraction of sp³-hybridized carbons (Fsp3) is 0.286. The van der Waals surface area contributed by atoms with Crippen molar-refractivity contribution in [2.75, 3.05) is 6.61 Å². The highest BCUT2D eigenvalue weighted by atomic mass is 16.5. The topological polar surface area (TPSA) is 83.0 Å². The number of carbonyl (C=O) groups excluding carboxylic acids is 2. The molecular formula is C21H22N2O3. The van der Waals surface area contributed by atoms with Crippen LogP contribution in [0.2, 0.25) is 0 Å². The predicted octanol–water partition coefficient (Wildman–Crippen LogP) is 4.21. The van der Waals surface area contributed by atoms with Crippen molar-refractivity contribution < 1.29 is 14.3 Å². The predicted molar refractivity (Wildman–Crippen MR) is 100 cm³/mol. The molecule has 0 radical (unpaired) electrons. The molecule has 1 heterocycles. The molecule has 1 aromatic heterocycles. The zero-order valence-electron chi connectivity index (χ0n) is 15.7. The van der Waals surface area contributed by atoms with E-state index < -0.39 is 11.8 Å². The largest absolute Gasteiger partial charge is 0.462 e. The minimum atomic E-state index is -0.568. The van der Waals surface area contributed by atoms with Gasteiger partial charge in [0.15, 0.2) is 0 Å². The Morgan fingerprint density at radius 1 is 1.15 bits per heavy atom. The van der Waals surface area contributed by atoms with E-state index in [1.54, 1.807) is 26.8 Å². The van der Waals surface area contributed by atoms with E-state index in [1.165, 1.54) is 0 Å². The summed E-state index contributed by atoms with van der Waals surface area (Å²) in [4.78, 5) is 28.3. The maximum Gasteiger partial charge on any atom is 0.340 e. The lowest BCUT2D eigenvalue weighted by Gasteiger charge is -2.06. The molecule has 0 aliphatic heterocycles. The minimum absolute atomic E-state index is 0.0219. The standard InChI is InChI=1S/C21H22N2O3/c1-6-26-21(25)19-15(5)23-14(4)18(19)20(24)17(11-22)10-16-9-12(2)7-8-13(16)3/h7-10,23H,6H2,1-5H3/b17-10+. The number of benzene rings is 1. The van der Waals surface area contributed by atoms with Gasteiger partial charge in [0.2, 0.25) is 5.78 Å². The number of Topliss-reactive ketones (excluding diaryl/α,β-unsaturated/α-hetero) is 1. The number of nitriles is 1. The molecule has 1 N–H and O–H groups in total. The zero-order valence-corrected chi connectivity index (χ0v) is 15.7. The van der Waals surface area contributed by atoms with Crippen molar-refractivity contribution in [1.29, 1.82) is 5.26 Å². The number of aryl methyl sites for hydroxylation is 4. The second kappa shape index (κ2) is 7.83. The summed E-state index contributed by atoms with van der Waals surface area (Å²) in [6.07, 6.45) is 1.57. The van der Waals surface area contributed by atoms with Gasteiger partial charge in [-0.05, 0) is 51.8 Å². The molecule has 134 valence electrons. The van der Waals surface area contributed by atoms with E-state index in [9.17, 15) is 14.9 Å². The number of H-pyrrole nitrogens is 1. The highest BCUT2D eigenvalue weighted by molar-refractivity contribution is 6.19. The molecule has 26 heavy (non-hydrogen) atoms. The van der Waals surface area contributed by atoms with Crippen LogP contribution in [0.25, 0.3) is 6.08 Å². The normalized spacial score (nSPS) is 11.2. The van der Waals surface area contributed by atoms with Crippen LogP contribution in [0.5, 0.6) is 0 Å². The van der Waals surface area contributed by atoms with E-state index in [0.29, 0.717) is 11.4 Å². The van der Waals surface area contributed by atoms with Crippen LogP contribution in [0.3, 0.4) is 0 Å². The summed E-state index contributed by atoms with van der Waals surface area (Å²) in [5.41, 5.74) is 4.25. The molecule has 1 aromatic carbocycles. The molecule has 0 fully saturated rings. The van der Waals surface area contributed by atoms with Gasteiger partial charge in [0, 0.05) is 11.4 Å². The Morgan fingerprint density at radius 3 is 2.42 bits per heavy atom. The fourth-order valence-electron chi connectivity index (χ4n) is 2.88. The van der Waals surface area contributed by atoms with Crippen LogP contribution < -0.4 is 0 Å². The first-order valence-corrected chi connectivity index (χ1v) is 8.40. The average Bonchev–Trinajstić information content (AvgIpc) is 2.89. The number of hydrogen-bond donors (Lipinski definition) is 1. The van der Waals surface area contributed by atoms with Gasteiger partial charge in [-0.1, -0.05) is 23.8 Å². The number of aromatic amines is 1. The quantitative estimate of drug-likeness (QED) is 0.379. The van der Waals surface area contributed by atoms with E-state index in [4.69, 9.17) is 4.74 Å². The Balaban J connectivity index is 2.57. The summed E-state index contributed by atoms with van der Waals surface area (Å²) in [7, 11) is 0. The van der Waals surface area contributed by atoms with Gasteiger partial charge in [0.25, 0.3) is 0 Å². The van der Waals surface area contributed by atoms with E-state index in [1.807, 2.05) is 38.1 Å². The van der Waals surface area contributed by atoms with Crippen molar-refractivity contribution in [3.05, 3.63) is 63.0 Å². The lowest BCUT2D eigenvalue weighted by Crippen LogP contribution is -2.13. The number of hydrogen-bond acceptors (Lipinski definition) is 4. The molecule has 2 aromatic rings. The van der Waals surface area contributed by atoms with Gasteiger partial charge in [-0.3, -0.25) is 4.79 Å². The number of ether oxygens (including phenoxy) is 1. The van der Waals surface area contributed by atoms with Gasteiger partial charge >= 0.3 is 5.97 Å². The van der Waals surface area contributed by atoms with Gasteiger partial charge < -0.3 is 9.72 Å². The van der Waals surface area contributed by atoms with Crippen molar-refractivity contribution in [1.82, 2.24) is 4.98 Å². The third-order valence-electron chi connectivity index (χ3n) is 4.18. The number of allylic oxidation sites excluding steroid dienone is 1. The molecular weight excluding hydrogens is 328 g/mol. The molecule has 0 atom stereocenters. The molecule has 5 nitrogen and oxygen atoms in total. The third kappa shape index (κ3) is 3.75. The van der Waals surface area contributed by atoms with Crippen LogP contribution in [0, 0.1) is 39.0 Å². The summed E-state index contributed by atoms with van der Waals surface area (Å²) in [6, 6.07) is 7.81. The lowest BCUT2D eigenvalue weighted by molar-refractivity contribution is 0.0523. The van der Waals surface area contributed by atoms with Crippen LogP contribution in [-0.4, -0.2) is 23.3 Å². The maximum atomic E-state index is 13.0. The zero-order chi connectivity index (χ0) is 19.4. The molecule has 2 rings (SSSR count). The fourth-order valence-corrected chi connectivity index (χ4v) is 2.88. The monoisotopic (exact) mass is 350 g/mol. The molecule has 0 unspecified atom stereocenters. The molecule has 0 saturated carbocycles. The number of ketones is 1. The van der Waals surface area contributed by atoms with Crippen LogP contribution in [-0.2, 0) is 4.74 Å². The van der Waals surface area contributed by atoms with E-state index >= 15 is 0 Å². The van der Waals surface area contributed by atoms with Gasteiger partial charge in [-0.25, -0.2) is 4.79 Å². The Hall–Kier alpha value is -3.13. The van der Waals surface area contributed by atoms with Gasteiger partial charge in [0.05, 0.1) is 17.7 Å². The minimum Gasteiger partial charge on any atom is -0.462 e. The molecule has 0 saturated heterocycles. The van der Waals surface area contributed by atoms with Crippen molar-refractivity contribution in [2.24, 2.45) is 0 Å². The van der Waals surface area contributed by atoms with E-state index in [-0.39, 0.29) is 23.3 Å². The molecule has 0 aliphatic rings. The molecule has 0 bridgehead atoms. The lowest BCUT2D eigenvalue weighted by atomic mass is 9.96. The highest BCUT2D eigenvalue weighted by Crippen LogP contribution is 2.24. The summed E-state index contributed by atoms with van der Waals surface area (Å²) in [5, 5.41) is 9.54. The van der Waals surface area contributed by atoms with E-state index in [2.05, 4.69) is 4.98 Å². The first kappa shape index (κ1) is 19.2. The van der Waals surface area contributed by atoms with E-state index in [0.717, 1.165) is 16.7 Å². The molecule has 0 amide bonds. The third-order valence-corrected chi connectivity index (χ3v) is 4.18. The number of nitrogens with one attached hydrogen (secondary N) is 1. The van der Waals surface area contributed by atoms with Crippen LogP contribution in [0.1, 0.15) is 55.7 Å². The SMILES string of the molecule is CCOC(=O)c1c(C)[nH]c(C)c1C(=O)/C(C#N)=C/c1cc(C)ccc1C. The Labute approximate surface area is 153 Å². The van der Waals surface area contributed by atoms with Gasteiger partial charge in [-0.2, -0.15) is 5.26 Å². The number of carbonyl (C=O) groups is 2. The average molecular weight is 350 g/mol. The number of nitrogens with zero attached hydrogens (tertiary/aromatic N) is 1. The van der Waals surface area contributed by atoms with Gasteiger partial charge in [-0.15, -0.1) is 0 Å². The molecule has 0 aliphatic carbocycles. The Bertz CT molecular complexity index is 943. The summed E-state index contributed by atoms with van der Waals surface area (Å²) >= 11 is 0. The van der Waals surface area contributed by atoms with Crippen molar-refractivity contribution in [3.63, 3.8) is 0 Å². The Kier molecular flexibility index (Phi) is 5.78. The summed E-state index contributed by atoms with van der Waals surface area (Å²) in [6.45, 7) is 9.19. The molecule has 0 spiro atoms. The number of rotatable bonds is 5. The first-order chi connectivity index (χ1) is 12.3. The van der Waals surface area contributed by atoms with Crippen LogP contribution in [0.4, 0.5) is 0 Å². The number of esters is 1. The van der Waals surface area contributed by atoms with Crippen molar-refractivity contribution in [2.45, 2.75) is 34.6 Å². The summed E-state index contributed by atoms with van der Waals surface area (Å²) < 4.78 is 5.07. The van der Waals surface area contributed by atoms with Gasteiger partial charge in [0.1, 0.15) is 11.6 Å². The maximum absolute atomic E-state index is 13.0. The van der Waals surface area contributed by atoms with Crippen molar-refractivity contribution >= 4 is 17.8 Å². The molecule has 5 heteroatoms. The number of aromatic nitrogens is 1. The van der Waals surface area contributed by atoms with Crippen LogP contribution in [0.15, 0.2) is 23.8 Å².